The van der Waals surface area contributed by atoms with Crippen LogP contribution < -0.4 is 5.32 Å². The topological polar surface area (TPSA) is 80.7 Å². The molecule has 0 fully saturated rings. The van der Waals surface area contributed by atoms with E-state index in [-0.39, 0.29) is 5.91 Å². The number of anilines is 1. The third-order valence-electron chi connectivity index (χ3n) is 1.49. The van der Waals surface area contributed by atoms with Gasteiger partial charge >= 0.3 is 0 Å². The summed E-state index contributed by atoms with van der Waals surface area (Å²) in [5.74, 6) is -0.289. The fourth-order valence-corrected chi connectivity index (χ4v) is 1.61. The molecule has 0 saturated carbocycles. The van der Waals surface area contributed by atoms with Crippen molar-refractivity contribution in [2.24, 2.45) is 0 Å². The SMILES string of the molecule is O=C(Nc1nnns1)c1cncc(Br)c1. The Bertz CT molecular complexity index is 474. The molecule has 15 heavy (non-hydrogen) atoms. The third kappa shape index (κ3) is 2.54. The largest absolute Gasteiger partial charge is 0.295 e. The second kappa shape index (κ2) is 4.41. The van der Waals surface area contributed by atoms with Gasteiger partial charge in [-0.3, -0.25) is 15.1 Å². The number of carbonyl (C=O) groups excluding carboxylic acids is 1. The van der Waals surface area contributed by atoms with E-state index >= 15 is 0 Å². The smallest absolute Gasteiger partial charge is 0.259 e. The minimum atomic E-state index is -0.289. The van der Waals surface area contributed by atoms with Crippen LogP contribution in [0, 0.1) is 0 Å². The fraction of sp³-hybridized carbons (Fsp3) is 0. The first kappa shape index (κ1) is 10.1. The van der Waals surface area contributed by atoms with E-state index in [0.717, 1.165) is 16.0 Å². The molecule has 2 heterocycles. The van der Waals surface area contributed by atoms with Gasteiger partial charge in [-0.05, 0) is 27.2 Å². The number of rotatable bonds is 2. The standard InChI is InChI=1S/C7H4BrN5OS/c8-5-1-4(2-9-3-5)6(14)10-7-11-12-13-15-7/h1-3H,(H,10,11,13,14). The fourth-order valence-electron chi connectivity index (χ4n) is 0.887. The van der Waals surface area contributed by atoms with E-state index < -0.39 is 0 Å². The number of halogens is 1. The highest BCUT2D eigenvalue weighted by Gasteiger charge is 2.08. The quantitative estimate of drug-likeness (QED) is 0.901. The molecule has 0 unspecified atom stereocenters. The lowest BCUT2D eigenvalue weighted by Crippen LogP contribution is -2.11. The van der Waals surface area contributed by atoms with Gasteiger partial charge in [0.15, 0.2) is 0 Å². The molecule has 0 aliphatic heterocycles. The van der Waals surface area contributed by atoms with Crippen LogP contribution in [0.4, 0.5) is 5.13 Å². The molecule has 0 aromatic carbocycles. The first-order valence-corrected chi connectivity index (χ1v) is 5.39. The number of aromatic nitrogens is 4. The van der Waals surface area contributed by atoms with Crippen molar-refractivity contribution in [2.75, 3.05) is 5.32 Å². The van der Waals surface area contributed by atoms with Crippen LogP contribution in [-0.4, -0.2) is 25.7 Å². The van der Waals surface area contributed by atoms with Crippen molar-refractivity contribution < 1.29 is 4.79 Å². The molecule has 1 N–H and O–H groups in total. The lowest BCUT2D eigenvalue weighted by atomic mass is 10.3. The first-order valence-electron chi connectivity index (χ1n) is 3.82. The van der Waals surface area contributed by atoms with Crippen molar-refractivity contribution in [3.63, 3.8) is 0 Å². The van der Waals surface area contributed by atoms with Gasteiger partial charge in [0.05, 0.1) is 5.56 Å². The molecular formula is C7H4BrN5OS. The van der Waals surface area contributed by atoms with Crippen molar-refractivity contribution in [1.82, 2.24) is 19.8 Å². The van der Waals surface area contributed by atoms with Crippen LogP contribution in [0.25, 0.3) is 0 Å². The molecule has 8 heteroatoms. The Kier molecular flexibility index (Phi) is 2.97. The number of hydrogen-bond acceptors (Lipinski definition) is 6. The lowest BCUT2D eigenvalue weighted by molar-refractivity contribution is 0.102. The van der Waals surface area contributed by atoms with E-state index in [1.54, 1.807) is 12.3 Å². The normalized spacial score (nSPS) is 9.93. The van der Waals surface area contributed by atoms with Crippen LogP contribution in [0.3, 0.4) is 0 Å². The predicted molar refractivity (Wildman–Crippen MR) is 57.6 cm³/mol. The maximum Gasteiger partial charge on any atom is 0.259 e. The minimum absolute atomic E-state index is 0.289. The second-order valence-corrected chi connectivity index (χ2v) is 4.16. The number of pyridine rings is 1. The van der Waals surface area contributed by atoms with Crippen LogP contribution in [0.15, 0.2) is 22.9 Å². The van der Waals surface area contributed by atoms with E-state index in [1.165, 1.54) is 6.20 Å². The minimum Gasteiger partial charge on any atom is -0.295 e. The summed E-state index contributed by atoms with van der Waals surface area (Å²) in [5.41, 5.74) is 0.444. The van der Waals surface area contributed by atoms with E-state index in [0.29, 0.717) is 10.7 Å². The van der Waals surface area contributed by atoms with Gasteiger partial charge in [-0.25, -0.2) is 0 Å². The lowest BCUT2D eigenvalue weighted by Gasteiger charge is -1.99. The van der Waals surface area contributed by atoms with Gasteiger partial charge in [0.1, 0.15) is 0 Å². The maximum absolute atomic E-state index is 11.6. The van der Waals surface area contributed by atoms with E-state index in [2.05, 4.69) is 41.0 Å². The maximum atomic E-state index is 11.6. The molecule has 2 aromatic rings. The molecule has 0 atom stereocenters. The number of nitrogens with one attached hydrogen (secondary N) is 1. The Morgan fingerprint density at radius 1 is 1.47 bits per heavy atom. The Morgan fingerprint density at radius 2 is 2.33 bits per heavy atom. The highest BCUT2D eigenvalue weighted by atomic mass is 79.9. The van der Waals surface area contributed by atoms with Crippen molar-refractivity contribution in [1.29, 1.82) is 0 Å². The zero-order valence-corrected chi connectivity index (χ0v) is 9.62. The molecule has 2 rings (SSSR count). The van der Waals surface area contributed by atoms with Gasteiger partial charge in [0.25, 0.3) is 5.91 Å². The van der Waals surface area contributed by atoms with Gasteiger partial charge in [0.2, 0.25) is 5.13 Å². The summed E-state index contributed by atoms with van der Waals surface area (Å²) in [5, 5.41) is 9.87. The molecule has 1 amide bonds. The van der Waals surface area contributed by atoms with Crippen LogP contribution >= 0.6 is 27.5 Å². The molecule has 6 nitrogen and oxygen atoms in total. The zero-order chi connectivity index (χ0) is 10.7. The van der Waals surface area contributed by atoms with Crippen molar-refractivity contribution >= 4 is 38.5 Å². The molecule has 76 valence electrons. The average molecular weight is 286 g/mol. The van der Waals surface area contributed by atoms with Crippen molar-refractivity contribution in [3.8, 4) is 0 Å². The van der Waals surface area contributed by atoms with Gasteiger partial charge in [-0.2, -0.15) is 0 Å². The molecule has 0 saturated heterocycles. The number of nitrogens with zero attached hydrogens (tertiary/aromatic N) is 4. The molecule has 0 aliphatic rings. The molecule has 0 aliphatic carbocycles. The number of carbonyl (C=O) groups is 1. The van der Waals surface area contributed by atoms with Gasteiger partial charge < -0.3 is 0 Å². The van der Waals surface area contributed by atoms with Crippen LogP contribution in [-0.2, 0) is 0 Å². The molecule has 0 spiro atoms. The third-order valence-corrected chi connectivity index (χ3v) is 2.43. The van der Waals surface area contributed by atoms with E-state index in [9.17, 15) is 4.79 Å². The van der Waals surface area contributed by atoms with Crippen molar-refractivity contribution in [3.05, 3.63) is 28.5 Å². The van der Waals surface area contributed by atoms with E-state index in [4.69, 9.17) is 0 Å². The average Bonchev–Trinajstić information content (AvgIpc) is 2.70. The first-order chi connectivity index (χ1) is 7.25. The molecule has 0 bridgehead atoms. The second-order valence-electron chi connectivity index (χ2n) is 2.51. The highest BCUT2D eigenvalue weighted by molar-refractivity contribution is 9.10. The zero-order valence-electron chi connectivity index (χ0n) is 7.22. The van der Waals surface area contributed by atoms with E-state index in [1.807, 2.05) is 0 Å². The summed E-state index contributed by atoms with van der Waals surface area (Å²) in [6.07, 6.45) is 3.07. The van der Waals surface area contributed by atoms with Gasteiger partial charge in [-0.15, -0.1) is 0 Å². The highest BCUT2D eigenvalue weighted by Crippen LogP contribution is 2.12. The van der Waals surface area contributed by atoms with Crippen LogP contribution in [0.5, 0.6) is 0 Å². The van der Waals surface area contributed by atoms with Crippen LogP contribution in [0.1, 0.15) is 10.4 Å². The Balaban J connectivity index is 2.15. The summed E-state index contributed by atoms with van der Waals surface area (Å²) in [6.45, 7) is 0. The van der Waals surface area contributed by atoms with Crippen molar-refractivity contribution in [2.45, 2.75) is 0 Å². The molecule has 2 aromatic heterocycles. The Morgan fingerprint density at radius 3 is 3.00 bits per heavy atom. The monoisotopic (exact) mass is 285 g/mol. The van der Waals surface area contributed by atoms with Crippen LogP contribution in [0.2, 0.25) is 0 Å². The summed E-state index contributed by atoms with van der Waals surface area (Å²) >= 11 is 4.24. The summed E-state index contributed by atoms with van der Waals surface area (Å²) < 4.78 is 4.27. The number of amides is 1. The summed E-state index contributed by atoms with van der Waals surface area (Å²) in [4.78, 5) is 15.5. The van der Waals surface area contributed by atoms with Gasteiger partial charge in [0, 0.05) is 28.4 Å². The molecule has 0 radical (unpaired) electrons. The number of hydrogen-bond donors (Lipinski definition) is 1. The predicted octanol–water partition coefficient (Wildman–Crippen LogP) is 1.34. The summed E-state index contributed by atoms with van der Waals surface area (Å²) in [7, 11) is 0. The summed E-state index contributed by atoms with van der Waals surface area (Å²) in [6, 6.07) is 1.66. The molecular weight excluding hydrogens is 282 g/mol. The Labute approximate surface area is 97.0 Å². The Hall–Kier alpha value is -1.41. The van der Waals surface area contributed by atoms with Gasteiger partial charge in [-0.1, -0.05) is 9.59 Å².